The van der Waals surface area contributed by atoms with E-state index in [4.69, 9.17) is 5.90 Å². The Kier molecular flexibility index (Phi) is 4.93. The highest BCUT2D eigenvalue weighted by Crippen LogP contribution is 1.94. The number of hydrogen-bond donors (Lipinski definition) is 1. The highest BCUT2D eigenvalue weighted by molar-refractivity contribution is 7.82. The number of nitrogens with two attached hydrogens (primary N) is 1. The molecule has 0 fully saturated rings. The van der Waals surface area contributed by atoms with E-state index in [9.17, 15) is 4.79 Å². The monoisotopic (exact) mass is 177 g/mol. The Morgan fingerprint density at radius 2 is 2.27 bits per heavy atom. The molecule has 0 spiro atoms. The van der Waals surface area contributed by atoms with Crippen LogP contribution in [0.3, 0.4) is 0 Å². The first-order chi connectivity index (χ1) is 5.13. The van der Waals surface area contributed by atoms with Crippen LogP contribution >= 0.6 is 12.2 Å². The zero-order valence-corrected chi connectivity index (χ0v) is 7.31. The molecule has 4 nitrogen and oxygen atoms in total. The molecule has 0 heterocycles. The minimum atomic E-state index is -0.566. The minimum Gasteiger partial charge on any atom is -0.462 e. The molecule has 0 rings (SSSR count). The molecular weight excluding hydrogens is 166 g/mol. The molecule has 11 heavy (non-hydrogen) atoms. The van der Waals surface area contributed by atoms with Crippen molar-refractivity contribution < 1.29 is 14.4 Å². The molecule has 0 aliphatic heterocycles. The van der Waals surface area contributed by atoms with Crippen LogP contribution < -0.4 is 5.90 Å². The van der Waals surface area contributed by atoms with Gasteiger partial charge in [0.15, 0.2) is 0 Å². The van der Waals surface area contributed by atoms with Crippen LogP contribution in [0.15, 0.2) is 0 Å². The Morgan fingerprint density at radius 1 is 1.73 bits per heavy atom. The Balaban J connectivity index is 3.92. The maximum atomic E-state index is 10.8. The van der Waals surface area contributed by atoms with Gasteiger partial charge in [-0.05, 0) is 13.8 Å². The highest BCUT2D eigenvalue weighted by atomic mass is 32.1. The second kappa shape index (κ2) is 5.17. The van der Waals surface area contributed by atoms with Crippen molar-refractivity contribution in [1.29, 1.82) is 0 Å². The molecule has 0 bridgehead atoms. The van der Waals surface area contributed by atoms with Gasteiger partial charge in [0.2, 0.25) is 0 Å². The van der Waals surface area contributed by atoms with E-state index in [1.165, 1.54) is 0 Å². The molecular formula is C6H11NO3S. The molecule has 0 saturated carbocycles. The Labute approximate surface area is 70.6 Å². The summed E-state index contributed by atoms with van der Waals surface area (Å²) in [5, 5.41) is 0. The summed E-state index contributed by atoms with van der Waals surface area (Å²) in [7, 11) is 0. The second-order valence-electron chi connectivity index (χ2n) is 1.86. The SMILES string of the molecule is CCOC(=O)C(=S)C(C)ON. The van der Waals surface area contributed by atoms with Gasteiger partial charge in [0.05, 0.1) is 6.61 Å². The van der Waals surface area contributed by atoms with Gasteiger partial charge in [-0.3, -0.25) is 4.84 Å². The van der Waals surface area contributed by atoms with Gasteiger partial charge in [-0.1, -0.05) is 12.2 Å². The number of carbonyl (C=O) groups is 1. The fraction of sp³-hybridized carbons (Fsp3) is 0.667. The number of rotatable bonds is 4. The van der Waals surface area contributed by atoms with Crippen LogP contribution in [0.1, 0.15) is 13.8 Å². The smallest absolute Gasteiger partial charge is 0.347 e. The van der Waals surface area contributed by atoms with Crippen molar-refractivity contribution in [3.05, 3.63) is 0 Å². The lowest BCUT2D eigenvalue weighted by Crippen LogP contribution is -2.30. The average Bonchev–Trinajstić information content (AvgIpc) is 2.02. The lowest BCUT2D eigenvalue weighted by Gasteiger charge is -2.08. The average molecular weight is 177 g/mol. The predicted molar refractivity (Wildman–Crippen MR) is 44.0 cm³/mol. The van der Waals surface area contributed by atoms with Crippen molar-refractivity contribution in [2.45, 2.75) is 20.0 Å². The Hall–Kier alpha value is -0.520. The number of carbonyl (C=O) groups excluding carboxylic acids is 1. The normalized spacial score (nSPS) is 12.3. The molecule has 2 N–H and O–H groups in total. The summed E-state index contributed by atoms with van der Waals surface area (Å²) in [5.74, 6) is 4.27. The van der Waals surface area contributed by atoms with Crippen LogP contribution in [0.2, 0.25) is 0 Å². The third kappa shape index (κ3) is 3.41. The van der Waals surface area contributed by atoms with Crippen LogP contribution in [0.5, 0.6) is 0 Å². The first-order valence-electron chi connectivity index (χ1n) is 3.20. The molecule has 0 aliphatic carbocycles. The van der Waals surface area contributed by atoms with Crippen molar-refractivity contribution in [3.8, 4) is 0 Å². The first kappa shape index (κ1) is 10.5. The van der Waals surface area contributed by atoms with Gasteiger partial charge in [-0.15, -0.1) is 0 Å². The number of thiocarbonyl (C=S) groups is 1. The quantitative estimate of drug-likeness (QED) is 0.377. The van der Waals surface area contributed by atoms with E-state index in [1.54, 1.807) is 13.8 Å². The molecule has 0 aromatic heterocycles. The maximum Gasteiger partial charge on any atom is 0.347 e. The lowest BCUT2D eigenvalue weighted by atomic mass is 10.3. The van der Waals surface area contributed by atoms with E-state index in [0.29, 0.717) is 6.61 Å². The van der Waals surface area contributed by atoms with Crippen LogP contribution in [-0.2, 0) is 14.4 Å². The van der Waals surface area contributed by atoms with Crippen molar-refractivity contribution in [2.75, 3.05) is 6.61 Å². The zero-order valence-electron chi connectivity index (χ0n) is 6.49. The summed E-state index contributed by atoms with van der Waals surface area (Å²) in [6, 6.07) is 0. The van der Waals surface area contributed by atoms with Gasteiger partial charge >= 0.3 is 5.97 Å². The first-order valence-corrected chi connectivity index (χ1v) is 3.60. The summed E-state index contributed by atoms with van der Waals surface area (Å²) in [4.78, 5) is 15.2. The van der Waals surface area contributed by atoms with E-state index in [-0.39, 0.29) is 4.86 Å². The van der Waals surface area contributed by atoms with Gasteiger partial charge in [0, 0.05) is 0 Å². The molecule has 0 aromatic rings. The minimum absolute atomic E-state index is 0.0642. The standard InChI is InChI=1S/C6H11NO3S/c1-3-9-6(8)5(11)4(2)10-7/h4H,3,7H2,1-2H3. The zero-order chi connectivity index (χ0) is 8.85. The summed E-state index contributed by atoms with van der Waals surface area (Å²) < 4.78 is 4.61. The molecule has 0 amide bonds. The molecule has 64 valence electrons. The Morgan fingerprint density at radius 3 is 2.64 bits per heavy atom. The second-order valence-corrected chi connectivity index (χ2v) is 2.30. The van der Waals surface area contributed by atoms with E-state index in [2.05, 4.69) is 21.8 Å². The fourth-order valence-corrected chi connectivity index (χ4v) is 0.544. The number of hydrogen-bond acceptors (Lipinski definition) is 5. The van der Waals surface area contributed by atoms with Crippen LogP contribution in [0.25, 0.3) is 0 Å². The predicted octanol–water partition coefficient (Wildman–Crippen LogP) is 0.198. The molecule has 0 aliphatic rings. The van der Waals surface area contributed by atoms with Crippen molar-refractivity contribution in [3.63, 3.8) is 0 Å². The lowest BCUT2D eigenvalue weighted by molar-refractivity contribution is -0.135. The molecule has 0 saturated heterocycles. The van der Waals surface area contributed by atoms with E-state index in [0.717, 1.165) is 0 Å². The molecule has 0 aromatic carbocycles. The topological polar surface area (TPSA) is 61.5 Å². The van der Waals surface area contributed by atoms with E-state index in [1.807, 2.05) is 0 Å². The highest BCUT2D eigenvalue weighted by Gasteiger charge is 2.17. The van der Waals surface area contributed by atoms with Gasteiger partial charge in [0.25, 0.3) is 0 Å². The molecule has 1 unspecified atom stereocenters. The fourth-order valence-electron chi connectivity index (χ4n) is 0.430. The largest absolute Gasteiger partial charge is 0.462 e. The van der Waals surface area contributed by atoms with Gasteiger partial charge in [-0.25, -0.2) is 10.7 Å². The number of ether oxygens (including phenoxy) is 1. The third-order valence-corrected chi connectivity index (χ3v) is 1.55. The summed E-state index contributed by atoms with van der Waals surface area (Å²) in [6.45, 7) is 3.59. The maximum absolute atomic E-state index is 10.8. The molecule has 1 atom stereocenters. The summed E-state index contributed by atoms with van der Waals surface area (Å²) in [6.07, 6.45) is -0.566. The van der Waals surface area contributed by atoms with E-state index < -0.39 is 12.1 Å². The van der Waals surface area contributed by atoms with Crippen LogP contribution in [0, 0.1) is 0 Å². The van der Waals surface area contributed by atoms with Crippen molar-refractivity contribution >= 4 is 23.1 Å². The summed E-state index contributed by atoms with van der Waals surface area (Å²) in [5.41, 5.74) is 0. The van der Waals surface area contributed by atoms with Crippen LogP contribution in [0.4, 0.5) is 0 Å². The van der Waals surface area contributed by atoms with Gasteiger partial charge < -0.3 is 4.74 Å². The summed E-state index contributed by atoms with van der Waals surface area (Å²) >= 11 is 4.68. The van der Waals surface area contributed by atoms with Crippen molar-refractivity contribution in [1.82, 2.24) is 0 Å². The Bertz CT molecular complexity index is 160. The van der Waals surface area contributed by atoms with E-state index >= 15 is 0 Å². The molecule has 5 heteroatoms. The third-order valence-electron chi connectivity index (χ3n) is 1.05. The van der Waals surface area contributed by atoms with Crippen molar-refractivity contribution in [2.24, 2.45) is 5.90 Å². The van der Waals surface area contributed by atoms with Crippen LogP contribution in [-0.4, -0.2) is 23.5 Å². The molecule has 0 radical (unpaired) electrons. The number of esters is 1. The van der Waals surface area contributed by atoms with Gasteiger partial charge in [0.1, 0.15) is 11.0 Å². The van der Waals surface area contributed by atoms with Gasteiger partial charge in [-0.2, -0.15) is 0 Å².